The molecule has 31 heavy (non-hydrogen) atoms. The third kappa shape index (κ3) is 4.45. The van der Waals surface area contributed by atoms with Gasteiger partial charge in [-0.3, -0.25) is 9.48 Å². The number of carbonyl (C=O) groups is 2. The molecule has 0 bridgehead atoms. The van der Waals surface area contributed by atoms with Crippen molar-refractivity contribution < 1.29 is 14.7 Å². The zero-order valence-corrected chi connectivity index (χ0v) is 17.5. The van der Waals surface area contributed by atoms with Gasteiger partial charge in [-0.25, -0.2) is 4.79 Å². The van der Waals surface area contributed by atoms with E-state index in [2.05, 4.69) is 10.4 Å². The van der Waals surface area contributed by atoms with Gasteiger partial charge < -0.3 is 15.3 Å². The summed E-state index contributed by atoms with van der Waals surface area (Å²) in [5.41, 5.74) is 2.47. The molecule has 1 aliphatic rings. The van der Waals surface area contributed by atoms with Gasteiger partial charge >= 0.3 is 6.09 Å². The van der Waals surface area contributed by atoms with Gasteiger partial charge in [-0.1, -0.05) is 60.7 Å². The summed E-state index contributed by atoms with van der Waals surface area (Å²) in [5.74, 6) is 0.533. The van der Waals surface area contributed by atoms with E-state index in [4.69, 9.17) is 0 Å². The molecule has 2 N–H and O–H groups in total. The number of benzene rings is 2. The van der Waals surface area contributed by atoms with E-state index in [1.165, 1.54) is 4.90 Å². The van der Waals surface area contributed by atoms with Crippen LogP contribution in [0.15, 0.2) is 66.7 Å². The van der Waals surface area contributed by atoms with Crippen LogP contribution in [0, 0.1) is 0 Å². The van der Waals surface area contributed by atoms with E-state index in [0.717, 1.165) is 16.8 Å². The van der Waals surface area contributed by atoms with Crippen molar-refractivity contribution in [3.63, 3.8) is 0 Å². The number of anilines is 1. The third-order valence-corrected chi connectivity index (χ3v) is 6.09. The highest BCUT2D eigenvalue weighted by Gasteiger charge is 2.39. The standard InChI is InChI=1S/C24H26N4O3/c1-27-21(16-20(26-27)18-8-4-2-5-9-18)25-22(29)17-24(19-10-6-3-7-11-19)12-14-28(15-13-24)23(30)31/h2-11,16H,12-15,17H2,1H3,(H,25,29)(H,30,31). The number of nitrogens with zero attached hydrogens (tertiary/aromatic N) is 3. The van der Waals surface area contributed by atoms with Crippen molar-refractivity contribution in [1.82, 2.24) is 14.7 Å². The number of piperidine rings is 1. The summed E-state index contributed by atoms with van der Waals surface area (Å²) >= 11 is 0. The number of nitrogens with one attached hydrogen (secondary N) is 1. The van der Waals surface area contributed by atoms with Crippen LogP contribution in [0.2, 0.25) is 0 Å². The second kappa shape index (κ2) is 8.63. The molecule has 2 aromatic carbocycles. The fourth-order valence-electron chi connectivity index (χ4n) is 4.31. The second-order valence-electron chi connectivity index (χ2n) is 8.05. The summed E-state index contributed by atoms with van der Waals surface area (Å²) in [6, 6.07) is 21.6. The first-order valence-corrected chi connectivity index (χ1v) is 10.4. The molecule has 7 nitrogen and oxygen atoms in total. The normalized spacial score (nSPS) is 15.5. The van der Waals surface area contributed by atoms with Crippen LogP contribution >= 0.6 is 0 Å². The second-order valence-corrected chi connectivity index (χ2v) is 8.05. The molecule has 0 unspecified atom stereocenters. The predicted molar refractivity (Wildman–Crippen MR) is 119 cm³/mol. The molecule has 3 aromatic rings. The van der Waals surface area contributed by atoms with Gasteiger partial charge in [0.15, 0.2) is 0 Å². The SMILES string of the molecule is Cn1nc(-c2ccccc2)cc1NC(=O)CC1(c2ccccc2)CCN(C(=O)O)CC1. The molecule has 4 rings (SSSR count). The molecule has 0 spiro atoms. The maximum Gasteiger partial charge on any atom is 0.407 e. The minimum Gasteiger partial charge on any atom is -0.465 e. The molecule has 1 aromatic heterocycles. The Morgan fingerprint density at radius 3 is 2.26 bits per heavy atom. The average molecular weight is 418 g/mol. The Kier molecular flexibility index (Phi) is 5.75. The Morgan fingerprint density at radius 2 is 1.65 bits per heavy atom. The minimum absolute atomic E-state index is 0.102. The summed E-state index contributed by atoms with van der Waals surface area (Å²) in [6.07, 6.45) is 0.597. The monoisotopic (exact) mass is 418 g/mol. The Hall–Kier alpha value is -3.61. The Bertz CT molecular complexity index is 1050. The van der Waals surface area contributed by atoms with Gasteiger partial charge in [-0.15, -0.1) is 0 Å². The van der Waals surface area contributed by atoms with Crippen molar-refractivity contribution in [2.75, 3.05) is 18.4 Å². The first-order valence-electron chi connectivity index (χ1n) is 10.4. The molecule has 0 saturated carbocycles. The molecule has 7 heteroatoms. The smallest absolute Gasteiger partial charge is 0.407 e. The van der Waals surface area contributed by atoms with Gasteiger partial charge in [0.1, 0.15) is 5.82 Å². The highest BCUT2D eigenvalue weighted by molar-refractivity contribution is 5.91. The number of carbonyl (C=O) groups excluding carboxylic acids is 1. The van der Waals surface area contributed by atoms with Gasteiger partial charge in [-0.2, -0.15) is 5.10 Å². The predicted octanol–water partition coefficient (Wildman–Crippen LogP) is 4.13. The number of likely N-dealkylation sites (tertiary alicyclic amines) is 1. The van der Waals surface area contributed by atoms with Crippen molar-refractivity contribution in [2.24, 2.45) is 7.05 Å². The van der Waals surface area contributed by atoms with Gasteiger partial charge in [-0.05, 0) is 18.4 Å². The average Bonchev–Trinajstić information content (AvgIpc) is 3.15. The molecule has 2 amide bonds. The summed E-state index contributed by atoms with van der Waals surface area (Å²) in [5, 5.41) is 16.8. The van der Waals surface area contributed by atoms with E-state index >= 15 is 0 Å². The number of aromatic nitrogens is 2. The van der Waals surface area contributed by atoms with E-state index in [9.17, 15) is 14.7 Å². The Balaban J connectivity index is 1.53. The van der Waals surface area contributed by atoms with Gasteiger partial charge in [0.05, 0.1) is 5.69 Å². The number of aryl methyl sites for hydroxylation is 1. The molecule has 0 aliphatic carbocycles. The molecule has 1 saturated heterocycles. The molecule has 1 fully saturated rings. The zero-order valence-electron chi connectivity index (χ0n) is 17.5. The fourth-order valence-corrected chi connectivity index (χ4v) is 4.31. The van der Waals surface area contributed by atoms with Crippen molar-refractivity contribution in [2.45, 2.75) is 24.7 Å². The third-order valence-electron chi connectivity index (χ3n) is 6.09. The highest BCUT2D eigenvalue weighted by atomic mass is 16.4. The number of hydrogen-bond donors (Lipinski definition) is 2. The number of amides is 2. The minimum atomic E-state index is -0.908. The lowest BCUT2D eigenvalue weighted by Crippen LogP contribution is -2.46. The molecular formula is C24H26N4O3. The Labute approximate surface area is 181 Å². The van der Waals surface area contributed by atoms with Crippen LogP contribution in [0.1, 0.15) is 24.8 Å². The van der Waals surface area contributed by atoms with Crippen LogP contribution in [0.25, 0.3) is 11.3 Å². The summed E-state index contributed by atoms with van der Waals surface area (Å²) in [4.78, 5) is 25.9. The van der Waals surface area contributed by atoms with Crippen LogP contribution in [0.3, 0.4) is 0 Å². The van der Waals surface area contributed by atoms with Crippen LogP contribution in [-0.2, 0) is 17.3 Å². The lowest BCUT2D eigenvalue weighted by atomic mass is 9.70. The van der Waals surface area contributed by atoms with Crippen LogP contribution < -0.4 is 5.32 Å². The van der Waals surface area contributed by atoms with Gasteiger partial charge in [0.25, 0.3) is 0 Å². The van der Waals surface area contributed by atoms with Gasteiger partial charge in [0.2, 0.25) is 5.91 Å². The number of hydrogen-bond acceptors (Lipinski definition) is 3. The number of rotatable bonds is 5. The van der Waals surface area contributed by atoms with Crippen molar-refractivity contribution in [3.8, 4) is 11.3 Å². The lowest BCUT2D eigenvalue weighted by Gasteiger charge is -2.41. The van der Waals surface area contributed by atoms with Gasteiger partial charge in [0, 0.05) is 43.6 Å². The largest absolute Gasteiger partial charge is 0.465 e. The van der Waals surface area contributed by atoms with E-state index < -0.39 is 11.5 Å². The number of carboxylic acid groups (broad SMARTS) is 1. The van der Waals surface area contributed by atoms with Crippen LogP contribution in [0.4, 0.5) is 10.6 Å². The zero-order chi connectivity index (χ0) is 21.8. The molecule has 0 radical (unpaired) electrons. The van der Waals surface area contributed by atoms with E-state index in [1.54, 1.807) is 11.7 Å². The maximum atomic E-state index is 13.1. The van der Waals surface area contributed by atoms with E-state index in [1.807, 2.05) is 66.7 Å². The molecule has 2 heterocycles. The Morgan fingerprint density at radius 1 is 1.03 bits per heavy atom. The quantitative estimate of drug-likeness (QED) is 0.652. The molecule has 1 aliphatic heterocycles. The van der Waals surface area contributed by atoms with Crippen LogP contribution in [-0.4, -0.2) is 44.9 Å². The fraction of sp³-hybridized carbons (Fsp3) is 0.292. The molecule has 0 atom stereocenters. The highest BCUT2D eigenvalue weighted by Crippen LogP contribution is 2.39. The summed E-state index contributed by atoms with van der Waals surface area (Å²) in [6.45, 7) is 0.836. The first kappa shape index (κ1) is 20.7. The first-order chi connectivity index (χ1) is 15.0. The molecule has 160 valence electrons. The topological polar surface area (TPSA) is 87.5 Å². The van der Waals surface area contributed by atoms with E-state index in [0.29, 0.717) is 31.7 Å². The van der Waals surface area contributed by atoms with Crippen molar-refractivity contribution in [3.05, 3.63) is 72.3 Å². The summed E-state index contributed by atoms with van der Waals surface area (Å²) in [7, 11) is 1.81. The van der Waals surface area contributed by atoms with Crippen molar-refractivity contribution in [1.29, 1.82) is 0 Å². The van der Waals surface area contributed by atoms with E-state index in [-0.39, 0.29) is 12.3 Å². The summed E-state index contributed by atoms with van der Waals surface area (Å²) < 4.78 is 1.67. The van der Waals surface area contributed by atoms with Crippen molar-refractivity contribution >= 4 is 17.8 Å². The molecular weight excluding hydrogens is 392 g/mol. The van der Waals surface area contributed by atoms with Crippen LogP contribution in [0.5, 0.6) is 0 Å². The maximum absolute atomic E-state index is 13.1. The lowest BCUT2D eigenvalue weighted by molar-refractivity contribution is -0.117.